The predicted molar refractivity (Wildman–Crippen MR) is 314 cm³/mol. The minimum Gasteiger partial charge on any atom is -0.374 e. The van der Waals surface area contributed by atoms with Crippen LogP contribution >= 0.6 is 0 Å². The molecule has 19 heteroatoms. The van der Waals surface area contributed by atoms with Crippen LogP contribution in [0.25, 0.3) is 0 Å². The minimum atomic E-state index is 0. The topological polar surface area (TPSA) is 202 Å². The summed E-state index contributed by atoms with van der Waals surface area (Å²) in [7, 11) is 0. The standard InChI is InChI=1S/C64H110N16O.2Fe/c1-3-17-33-31(15-1)49-65-51(33)69-55-39-23-9-11-25-41(39)59(73-55)77-63-47-43(61(79-63)75-57-37-21-7-5-19-35(37)53(67-49)71-57)27-13-29-45(47)81-46-30-14-28-44-48(46)64-78-60-42-26-12-10-24-40(42)56(74-60)70-52-34-18-4-2-16-32(34)50(66-52)68-54-36-20-6-8-22-38(36)58(72-54)76-62(44)80-64;;/h31-80H,1-30H2;;. The van der Waals surface area contributed by atoms with Gasteiger partial charge in [0.2, 0.25) is 0 Å². The average molecular weight is 1230 g/mol. The molecule has 10 saturated heterocycles. The molecule has 468 valence electrons. The summed E-state index contributed by atoms with van der Waals surface area (Å²) in [4.78, 5) is 0. The summed E-state index contributed by atoms with van der Waals surface area (Å²) in [6, 6.07) is 0. The molecule has 8 saturated carbocycles. The normalized spacial score (nSPS) is 57.7. The first-order valence-electron chi connectivity index (χ1n) is 35.9. The second-order valence-corrected chi connectivity index (χ2v) is 31.5. The minimum absolute atomic E-state index is 0. The molecule has 83 heavy (non-hydrogen) atoms. The van der Waals surface area contributed by atoms with Gasteiger partial charge in [0.25, 0.3) is 0 Å². The van der Waals surface area contributed by atoms with Crippen LogP contribution in [0.4, 0.5) is 0 Å². The number of hydrogen-bond acceptors (Lipinski definition) is 17. The van der Waals surface area contributed by atoms with Crippen LogP contribution in [0.3, 0.4) is 0 Å². The van der Waals surface area contributed by atoms with Gasteiger partial charge < -0.3 is 4.74 Å². The monoisotopic (exact) mass is 1230 g/mol. The molecule has 18 rings (SSSR count). The maximum Gasteiger partial charge on any atom is 0.0653 e. The molecule has 8 aliphatic carbocycles. The maximum absolute atomic E-state index is 8.19. The molecule has 10 aliphatic heterocycles. The van der Waals surface area contributed by atoms with Crippen molar-refractivity contribution >= 4 is 0 Å². The number of fused-ring (bicyclic) bond motifs is 40. The first kappa shape index (κ1) is 58.4. The van der Waals surface area contributed by atoms with Crippen LogP contribution in [0.2, 0.25) is 0 Å². The Labute approximate surface area is 519 Å². The van der Waals surface area contributed by atoms with Crippen molar-refractivity contribution in [1.29, 1.82) is 0 Å². The van der Waals surface area contributed by atoms with Crippen molar-refractivity contribution in [2.45, 2.75) is 303 Å². The largest absolute Gasteiger partial charge is 0.374 e. The van der Waals surface area contributed by atoms with E-state index in [-0.39, 0.29) is 83.3 Å². The van der Waals surface area contributed by atoms with Gasteiger partial charge >= 0.3 is 0 Å². The van der Waals surface area contributed by atoms with Crippen LogP contribution in [0, 0.1) is 94.7 Å². The Balaban J connectivity index is 0.00000282. The summed E-state index contributed by atoms with van der Waals surface area (Å²) >= 11 is 0. The predicted octanol–water partition coefficient (Wildman–Crippen LogP) is 4.19. The van der Waals surface area contributed by atoms with E-state index in [4.69, 9.17) is 4.74 Å². The van der Waals surface area contributed by atoms with Gasteiger partial charge in [0, 0.05) is 46.0 Å². The summed E-state index contributed by atoms with van der Waals surface area (Å²) < 4.78 is 8.19. The van der Waals surface area contributed by atoms with Gasteiger partial charge in [-0.1, -0.05) is 89.9 Å². The van der Waals surface area contributed by atoms with E-state index in [1.807, 2.05) is 0 Å². The van der Waals surface area contributed by atoms with Crippen LogP contribution < -0.4 is 85.1 Å². The smallest absolute Gasteiger partial charge is 0.0653 e. The fourth-order valence-electron chi connectivity index (χ4n) is 24.5. The van der Waals surface area contributed by atoms with Crippen molar-refractivity contribution in [1.82, 2.24) is 85.1 Å². The Morgan fingerprint density at radius 1 is 0.157 bits per heavy atom. The fourth-order valence-corrected chi connectivity index (χ4v) is 24.5. The Kier molecular flexibility index (Phi) is 17.2. The fraction of sp³-hybridized carbons (Fsp3) is 1.00. The molecule has 10 heterocycles. The molecular weight excluding hydrogens is 1120 g/mol. The molecule has 0 amide bonds. The van der Waals surface area contributed by atoms with Gasteiger partial charge in [-0.05, 0) is 186 Å². The molecule has 34 unspecified atom stereocenters. The van der Waals surface area contributed by atoms with E-state index in [9.17, 15) is 0 Å². The van der Waals surface area contributed by atoms with Gasteiger partial charge in [0.05, 0.1) is 111 Å². The molecule has 16 bridgehead atoms. The van der Waals surface area contributed by atoms with Crippen molar-refractivity contribution in [3.05, 3.63) is 0 Å². The quantitative estimate of drug-likeness (QED) is 0.176. The van der Waals surface area contributed by atoms with Crippen LogP contribution in [0.15, 0.2) is 0 Å². The maximum atomic E-state index is 8.19. The van der Waals surface area contributed by atoms with Crippen LogP contribution in [0.1, 0.15) is 193 Å². The third-order valence-electron chi connectivity index (χ3n) is 28.0. The number of hydrogen-bond donors (Lipinski definition) is 16. The van der Waals surface area contributed by atoms with E-state index < -0.39 is 0 Å². The van der Waals surface area contributed by atoms with Gasteiger partial charge in [-0.25, -0.2) is 0 Å². The van der Waals surface area contributed by atoms with E-state index in [1.54, 1.807) is 0 Å². The first-order chi connectivity index (χ1) is 40.1. The molecule has 0 aromatic carbocycles. The zero-order chi connectivity index (χ0) is 52.9. The van der Waals surface area contributed by atoms with E-state index in [0.29, 0.717) is 156 Å². The SMILES string of the molecule is C1CCC2C3NC(NC4NC(NC5NC(NC6NC(N3)C3CCCCC63)C3C(OC6CCCC7C8NC9NC(NC%10NC(NC%11NC(NC(N8)C67)C6CCCCC%116)C6CCCCC%106)C6CCCCC96)CCCC53)C3CCCCC43)C2C1.[Fe].[Fe]. The van der Waals surface area contributed by atoms with Gasteiger partial charge in [0.15, 0.2) is 0 Å². The Hall–Kier alpha value is 0.359. The van der Waals surface area contributed by atoms with E-state index in [2.05, 4.69) is 85.1 Å². The number of nitrogens with one attached hydrogen (secondary N) is 16. The Bertz CT molecular complexity index is 2080. The number of ether oxygens (including phenoxy) is 1. The Morgan fingerprint density at radius 2 is 0.301 bits per heavy atom. The van der Waals surface area contributed by atoms with E-state index in [1.165, 1.54) is 193 Å². The molecule has 18 aliphatic rings. The molecule has 0 aromatic heterocycles. The third kappa shape index (κ3) is 10.4. The molecule has 18 fully saturated rings. The second-order valence-electron chi connectivity index (χ2n) is 31.5. The zero-order valence-corrected chi connectivity index (χ0v) is 52.2. The zero-order valence-electron chi connectivity index (χ0n) is 50.0. The molecule has 0 aromatic rings. The number of rotatable bonds is 2. The van der Waals surface area contributed by atoms with Crippen LogP contribution in [0.5, 0.6) is 0 Å². The first-order valence-corrected chi connectivity index (χ1v) is 35.9. The second kappa shape index (κ2) is 24.4. The summed E-state index contributed by atoms with van der Waals surface area (Å²) in [6.07, 6.45) is 45.2. The van der Waals surface area contributed by atoms with Crippen LogP contribution in [-0.2, 0) is 38.9 Å². The van der Waals surface area contributed by atoms with Crippen molar-refractivity contribution < 1.29 is 38.9 Å². The summed E-state index contributed by atoms with van der Waals surface area (Å²) in [6.45, 7) is 0. The van der Waals surface area contributed by atoms with Crippen molar-refractivity contribution in [3.63, 3.8) is 0 Å². The Morgan fingerprint density at radius 3 is 0.482 bits per heavy atom. The van der Waals surface area contributed by atoms with E-state index >= 15 is 0 Å². The molecular formula is C64H110Fe2N16O. The third-order valence-corrected chi connectivity index (χ3v) is 28.0. The van der Waals surface area contributed by atoms with Gasteiger partial charge in [-0.15, -0.1) is 0 Å². The van der Waals surface area contributed by atoms with Gasteiger partial charge in [-0.2, -0.15) is 0 Å². The molecule has 0 spiro atoms. The molecule has 0 radical (unpaired) electrons. The van der Waals surface area contributed by atoms with Gasteiger partial charge in [0.1, 0.15) is 0 Å². The van der Waals surface area contributed by atoms with E-state index in [0.717, 1.165) is 0 Å². The average Bonchev–Trinajstić information content (AvgIpc) is 4.61. The molecule has 16 N–H and O–H groups in total. The molecule has 34 atom stereocenters. The van der Waals surface area contributed by atoms with Crippen molar-refractivity contribution in [3.8, 4) is 0 Å². The van der Waals surface area contributed by atoms with Crippen molar-refractivity contribution in [2.75, 3.05) is 0 Å². The summed E-state index contributed by atoms with van der Waals surface area (Å²) in [5.74, 6) is 9.87. The molecule has 17 nitrogen and oxygen atoms in total. The summed E-state index contributed by atoms with van der Waals surface area (Å²) in [5, 5.41) is 70.6. The van der Waals surface area contributed by atoms with Gasteiger partial charge in [-0.3, -0.25) is 85.1 Å². The van der Waals surface area contributed by atoms with Crippen LogP contribution in [-0.4, -0.2) is 111 Å². The van der Waals surface area contributed by atoms with Crippen molar-refractivity contribution in [2.24, 2.45) is 94.7 Å². The summed E-state index contributed by atoms with van der Waals surface area (Å²) in [5.41, 5.74) is 0.